The highest BCUT2D eigenvalue weighted by atomic mass is 32.2. The quantitative estimate of drug-likeness (QED) is 0.809. The number of hydrogen-bond acceptors (Lipinski definition) is 3. The van der Waals surface area contributed by atoms with Gasteiger partial charge >= 0.3 is 0 Å². The summed E-state index contributed by atoms with van der Waals surface area (Å²) in [5.74, 6) is 0.880. The smallest absolute Gasteiger partial charge is 0.261 e. The van der Waals surface area contributed by atoms with Crippen molar-refractivity contribution in [2.75, 3.05) is 17.8 Å². The van der Waals surface area contributed by atoms with Crippen molar-refractivity contribution in [1.82, 2.24) is 4.90 Å². The molecule has 4 rings (SSSR count). The maximum atomic E-state index is 13.0. The van der Waals surface area contributed by atoms with Crippen molar-refractivity contribution in [3.63, 3.8) is 0 Å². The summed E-state index contributed by atoms with van der Waals surface area (Å²) < 4.78 is 40.3. The molecule has 2 fully saturated rings. The Morgan fingerprint density at radius 3 is 2.28 bits per heavy atom. The number of rotatable bonds is 4. The Balaban J connectivity index is 1.42. The van der Waals surface area contributed by atoms with Gasteiger partial charge in [0, 0.05) is 24.3 Å². The highest BCUT2D eigenvalue weighted by molar-refractivity contribution is 7.92. The van der Waals surface area contributed by atoms with Gasteiger partial charge < -0.3 is 4.90 Å². The van der Waals surface area contributed by atoms with E-state index >= 15 is 0 Å². The van der Waals surface area contributed by atoms with Crippen molar-refractivity contribution in [1.29, 1.82) is 0 Å². The first-order valence-electron chi connectivity index (χ1n) is 10.1. The summed E-state index contributed by atoms with van der Waals surface area (Å²) in [6.45, 7) is 1.61. The number of carbonyl (C=O) groups excluding carboxylic acids is 1. The van der Waals surface area contributed by atoms with E-state index in [0.29, 0.717) is 17.2 Å². The first-order valence-corrected chi connectivity index (χ1v) is 11.6. The topological polar surface area (TPSA) is 66.5 Å². The molecule has 0 unspecified atom stereocenters. The van der Waals surface area contributed by atoms with Crippen molar-refractivity contribution in [3.8, 4) is 0 Å². The number of halogens is 1. The van der Waals surface area contributed by atoms with Crippen LogP contribution in [0.25, 0.3) is 0 Å². The van der Waals surface area contributed by atoms with Gasteiger partial charge in [-0.3, -0.25) is 9.52 Å². The van der Waals surface area contributed by atoms with Crippen molar-refractivity contribution < 1.29 is 17.6 Å². The SMILES string of the molecule is O=C(c1ccc(NS(=O)(=O)c2ccc(F)cc2)cc1)N1CC[C@H]2CCCC[C@@H]2C1. The lowest BCUT2D eigenvalue weighted by Crippen LogP contribution is -2.44. The first kappa shape index (κ1) is 19.9. The molecule has 1 heterocycles. The van der Waals surface area contributed by atoms with E-state index in [1.165, 1.54) is 37.8 Å². The molecule has 1 aliphatic heterocycles. The Labute approximate surface area is 171 Å². The van der Waals surface area contributed by atoms with E-state index in [1.54, 1.807) is 24.3 Å². The summed E-state index contributed by atoms with van der Waals surface area (Å²) in [6.07, 6.45) is 6.14. The third kappa shape index (κ3) is 4.45. The van der Waals surface area contributed by atoms with Crippen molar-refractivity contribution >= 4 is 21.6 Å². The molecule has 1 saturated heterocycles. The number of benzene rings is 2. The van der Waals surface area contributed by atoms with Gasteiger partial charge in [-0.15, -0.1) is 0 Å². The van der Waals surface area contributed by atoms with Crippen LogP contribution in [0.15, 0.2) is 53.4 Å². The molecule has 0 aromatic heterocycles. The number of sulfonamides is 1. The van der Waals surface area contributed by atoms with Crippen LogP contribution in [0, 0.1) is 17.7 Å². The minimum Gasteiger partial charge on any atom is -0.338 e. The molecule has 154 valence electrons. The Hall–Kier alpha value is -2.41. The number of nitrogens with one attached hydrogen (secondary N) is 1. The second-order valence-corrected chi connectivity index (χ2v) is 9.66. The van der Waals surface area contributed by atoms with Crippen molar-refractivity contribution in [2.24, 2.45) is 11.8 Å². The van der Waals surface area contributed by atoms with Gasteiger partial charge in [0.25, 0.3) is 15.9 Å². The Kier molecular flexibility index (Phi) is 5.58. The molecule has 7 heteroatoms. The van der Waals surface area contributed by atoms with Gasteiger partial charge in [0.15, 0.2) is 0 Å². The van der Waals surface area contributed by atoms with Crippen LogP contribution in [-0.2, 0) is 10.0 Å². The number of carbonyl (C=O) groups is 1. The summed E-state index contributed by atoms with van der Waals surface area (Å²) in [6, 6.07) is 11.1. The molecule has 29 heavy (non-hydrogen) atoms. The predicted molar refractivity (Wildman–Crippen MR) is 110 cm³/mol. The van der Waals surface area contributed by atoms with Crippen molar-refractivity contribution in [3.05, 3.63) is 59.9 Å². The van der Waals surface area contributed by atoms with Crippen LogP contribution in [0.2, 0.25) is 0 Å². The van der Waals surface area contributed by atoms with E-state index < -0.39 is 15.8 Å². The highest BCUT2D eigenvalue weighted by Gasteiger charge is 2.33. The number of likely N-dealkylation sites (tertiary alicyclic amines) is 1. The number of piperidine rings is 1. The fourth-order valence-corrected chi connectivity index (χ4v) is 5.54. The van der Waals surface area contributed by atoms with Crippen LogP contribution in [0.1, 0.15) is 42.5 Å². The highest BCUT2D eigenvalue weighted by Crippen LogP contribution is 2.36. The zero-order chi connectivity index (χ0) is 20.4. The van der Waals surface area contributed by atoms with E-state index in [1.807, 2.05) is 4.90 Å². The van der Waals surface area contributed by atoms with E-state index in [0.717, 1.165) is 37.6 Å². The molecular formula is C22H25FN2O3S. The molecule has 1 amide bonds. The second kappa shape index (κ2) is 8.14. The summed E-state index contributed by atoms with van der Waals surface area (Å²) >= 11 is 0. The van der Waals surface area contributed by atoms with E-state index in [-0.39, 0.29) is 10.8 Å². The molecule has 1 aliphatic carbocycles. The molecular weight excluding hydrogens is 391 g/mol. The third-order valence-corrected chi connectivity index (χ3v) is 7.48. The largest absolute Gasteiger partial charge is 0.338 e. The fourth-order valence-electron chi connectivity index (χ4n) is 4.48. The molecule has 0 bridgehead atoms. The van der Waals surface area contributed by atoms with Crippen LogP contribution in [0.4, 0.5) is 10.1 Å². The molecule has 0 radical (unpaired) electrons. The average molecular weight is 417 g/mol. The standard InChI is InChI=1S/C22H25FN2O3S/c23-19-7-11-21(12-8-19)29(27,28)24-20-9-5-17(6-10-20)22(26)25-14-13-16-3-1-2-4-18(16)15-25/h5-12,16,18,24H,1-4,13-15H2/t16-,18-/m1/s1. The van der Waals surface area contributed by atoms with Crippen LogP contribution in [0.3, 0.4) is 0 Å². The lowest BCUT2D eigenvalue weighted by atomic mass is 9.75. The van der Waals surface area contributed by atoms with Crippen LogP contribution < -0.4 is 4.72 Å². The maximum Gasteiger partial charge on any atom is 0.261 e. The van der Waals surface area contributed by atoms with E-state index in [2.05, 4.69) is 4.72 Å². The van der Waals surface area contributed by atoms with Crippen molar-refractivity contribution in [2.45, 2.75) is 37.0 Å². The maximum absolute atomic E-state index is 13.0. The summed E-state index contributed by atoms with van der Waals surface area (Å²) in [7, 11) is -3.81. The van der Waals surface area contributed by atoms with Gasteiger partial charge in [0.2, 0.25) is 0 Å². The lowest BCUT2D eigenvalue weighted by molar-refractivity contribution is 0.0521. The molecule has 5 nitrogen and oxygen atoms in total. The number of anilines is 1. The molecule has 1 N–H and O–H groups in total. The Bertz CT molecular complexity index is 974. The number of fused-ring (bicyclic) bond motifs is 1. The monoisotopic (exact) mass is 416 g/mol. The molecule has 2 aliphatic rings. The number of hydrogen-bond donors (Lipinski definition) is 1. The van der Waals surface area contributed by atoms with Crippen LogP contribution >= 0.6 is 0 Å². The molecule has 1 saturated carbocycles. The zero-order valence-corrected chi connectivity index (χ0v) is 17.0. The number of amides is 1. The first-order chi connectivity index (χ1) is 13.9. The van der Waals surface area contributed by atoms with E-state index in [9.17, 15) is 17.6 Å². The van der Waals surface area contributed by atoms with Crippen LogP contribution in [0.5, 0.6) is 0 Å². The Morgan fingerprint density at radius 1 is 0.931 bits per heavy atom. The minimum atomic E-state index is -3.81. The van der Waals surface area contributed by atoms with Gasteiger partial charge in [-0.2, -0.15) is 0 Å². The normalized spacial score (nSPS) is 22.0. The molecule has 0 spiro atoms. The summed E-state index contributed by atoms with van der Waals surface area (Å²) in [5, 5.41) is 0. The molecule has 2 aromatic carbocycles. The lowest BCUT2D eigenvalue weighted by Gasteiger charge is -2.41. The average Bonchev–Trinajstić information content (AvgIpc) is 2.73. The summed E-state index contributed by atoms with van der Waals surface area (Å²) in [5.41, 5.74) is 0.917. The molecule has 2 atom stereocenters. The summed E-state index contributed by atoms with van der Waals surface area (Å²) in [4.78, 5) is 14.8. The number of nitrogens with zero attached hydrogens (tertiary/aromatic N) is 1. The third-order valence-electron chi connectivity index (χ3n) is 6.09. The molecule has 2 aromatic rings. The van der Waals surface area contributed by atoms with Crippen LogP contribution in [-0.4, -0.2) is 32.3 Å². The van der Waals surface area contributed by atoms with E-state index in [4.69, 9.17) is 0 Å². The van der Waals surface area contributed by atoms with Gasteiger partial charge in [0.05, 0.1) is 4.90 Å². The predicted octanol–water partition coefficient (Wildman–Crippen LogP) is 4.28. The second-order valence-electron chi connectivity index (χ2n) is 7.98. The zero-order valence-electron chi connectivity index (χ0n) is 16.2. The van der Waals surface area contributed by atoms with Gasteiger partial charge in [-0.1, -0.05) is 19.3 Å². The van der Waals surface area contributed by atoms with Gasteiger partial charge in [-0.05, 0) is 73.2 Å². The van der Waals surface area contributed by atoms with Gasteiger partial charge in [-0.25, -0.2) is 12.8 Å². The fraction of sp³-hybridized carbons (Fsp3) is 0.409. The van der Waals surface area contributed by atoms with Gasteiger partial charge in [0.1, 0.15) is 5.82 Å². The minimum absolute atomic E-state index is 0.00182. The Morgan fingerprint density at radius 2 is 1.59 bits per heavy atom.